The molecule has 0 aliphatic heterocycles. The first-order valence-electron chi connectivity index (χ1n) is 6.79. The number of nitrogens with zero attached hydrogens (tertiary/aromatic N) is 3. The van der Waals surface area contributed by atoms with Crippen LogP contribution in [0.1, 0.15) is 47.4 Å². The van der Waals surface area contributed by atoms with Crippen molar-refractivity contribution < 1.29 is 5.11 Å². The number of rotatable bonds is 2. The zero-order valence-corrected chi connectivity index (χ0v) is 11.4. The Morgan fingerprint density at radius 3 is 3.05 bits per heavy atom. The molecule has 0 fully saturated rings. The summed E-state index contributed by atoms with van der Waals surface area (Å²) in [4.78, 5) is 4.50. The van der Waals surface area contributed by atoms with Crippen molar-refractivity contribution >= 4 is 0 Å². The standard InChI is InChI=1S/C15H19N3O/c1-10-13(9-18(2)17-10)15(19)12-7-3-5-11-6-4-8-16-14(11)12/h4,6,8-9,12,15,19H,3,5,7H2,1-2H3. The summed E-state index contributed by atoms with van der Waals surface area (Å²) in [6.45, 7) is 1.95. The van der Waals surface area contributed by atoms with Crippen LogP contribution in [0.3, 0.4) is 0 Å². The minimum atomic E-state index is -0.511. The molecule has 100 valence electrons. The summed E-state index contributed by atoms with van der Waals surface area (Å²) < 4.78 is 1.76. The average Bonchev–Trinajstić information content (AvgIpc) is 2.76. The largest absolute Gasteiger partial charge is 0.388 e. The van der Waals surface area contributed by atoms with Crippen LogP contribution in [-0.4, -0.2) is 19.9 Å². The van der Waals surface area contributed by atoms with E-state index < -0.39 is 6.10 Å². The number of hydrogen-bond donors (Lipinski definition) is 1. The first kappa shape index (κ1) is 12.4. The van der Waals surface area contributed by atoms with Crippen LogP contribution in [0.15, 0.2) is 24.5 Å². The summed E-state index contributed by atoms with van der Waals surface area (Å²) in [6.07, 6.45) is 6.39. The number of aryl methyl sites for hydroxylation is 3. The normalized spacial score (nSPS) is 20.1. The molecule has 0 saturated carbocycles. The second kappa shape index (κ2) is 4.78. The van der Waals surface area contributed by atoms with Gasteiger partial charge in [-0.05, 0) is 37.8 Å². The van der Waals surface area contributed by atoms with Crippen molar-refractivity contribution in [2.45, 2.75) is 38.2 Å². The fourth-order valence-electron chi connectivity index (χ4n) is 3.08. The lowest BCUT2D eigenvalue weighted by Crippen LogP contribution is -2.18. The van der Waals surface area contributed by atoms with Gasteiger partial charge in [-0.2, -0.15) is 5.10 Å². The van der Waals surface area contributed by atoms with E-state index in [1.807, 2.05) is 32.4 Å². The van der Waals surface area contributed by atoms with Gasteiger partial charge in [0.2, 0.25) is 0 Å². The van der Waals surface area contributed by atoms with Crippen molar-refractivity contribution in [1.29, 1.82) is 0 Å². The third-order valence-electron chi connectivity index (χ3n) is 3.99. The Kier molecular flexibility index (Phi) is 3.11. The molecule has 3 rings (SSSR count). The van der Waals surface area contributed by atoms with Crippen molar-refractivity contribution in [2.75, 3.05) is 0 Å². The van der Waals surface area contributed by atoms with Gasteiger partial charge in [-0.15, -0.1) is 0 Å². The van der Waals surface area contributed by atoms with Crippen LogP contribution < -0.4 is 0 Å². The van der Waals surface area contributed by atoms with Crippen LogP contribution in [0.5, 0.6) is 0 Å². The second-order valence-corrected chi connectivity index (χ2v) is 5.33. The molecule has 0 saturated heterocycles. The molecule has 0 aromatic carbocycles. The van der Waals surface area contributed by atoms with Gasteiger partial charge in [0.1, 0.15) is 0 Å². The van der Waals surface area contributed by atoms with E-state index in [1.54, 1.807) is 4.68 Å². The molecule has 4 heteroatoms. The fraction of sp³-hybridized carbons (Fsp3) is 0.467. The second-order valence-electron chi connectivity index (χ2n) is 5.33. The predicted molar refractivity (Wildman–Crippen MR) is 72.8 cm³/mol. The van der Waals surface area contributed by atoms with Gasteiger partial charge in [0.05, 0.1) is 11.8 Å². The lowest BCUT2D eigenvalue weighted by atomic mass is 9.81. The number of hydrogen-bond acceptors (Lipinski definition) is 3. The third-order valence-corrected chi connectivity index (χ3v) is 3.99. The summed E-state index contributed by atoms with van der Waals surface area (Å²) in [7, 11) is 1.89. The Balaban J connectivity index is 1.97. The van der Waals surface area contributed by atoms with E-state index in [0.717, 1.165) is 36.2 Å². The minimum absolute atomic E-state index is 0.0906. The fourth-order valence-corrected chi connectivity index (χ4v) is 3.08. The molecular weight excluding hydrogens is 238 g/mol. The van der Waals surface area contributed by atoms with Crippen LogP contribution in [0.4, 0.5) is 0 Å². The van der Waals surface area contributed by atoms with E-state index >= 15 is 0 Å². The first-order valence-corrected chi connectivity index (χ1v) is 6.79. The number of pyridine rings is 1. The van der Waals surface area contributed by atoms with E-state index in [-0.39, 0.29) is 5.92 Å². The molecule has 4 nitrogen and oxygen atoms in total. The number of aliphatic hydroxyl groups is 1. The Labute approximate surface area is 113 Å². The lowest BCUT2D eigenvalue weighted by molar-refractivity contribution is 0.133. The molecule has 2 unspecified atom stereocenters. The quantitative estimate of drug-likeness (QED) is 0.898. The van der Waals surface area contributed by atoms with Crippen LogP contribution >= 0.6 is 0 Å². The molecule has 0 bridgehead atoms. The van der Waals surface area contributed by atoms with Crippen molar-refractivity contribution in [1.82, 2.24) is 14.8 Å². The highest BCUT2D eigenvalue weighted by Crippen LogP contribution is 2.39. The van der Waals surface area contributed by atoms with Crippen molar-refractivity contribution in [2.24, 2.45) is 7.05 Å². The van der Waals surface area contributed by atoms with Crippen molar-refractivity contribution in [3.05, 3.63) is 47.0 Å². The SMILES string of the molecule is Cc1nn(C)cc1C(O)C1CCCc2cccnc21. The summed E-state index contributed by atoms with van der Waals surface area (Å²) in [5.41, 5.74) is 4.16. The molecule has 0 radical (unpaired) electrons. The zero-order valence-electron chi connectivity index (χ0n) is 11.4. The molecule has 19 heavy (non-hydrogen) atoms. The van der Waals surface area contributed by atoms with Gasteiger partial charge in [-0.25, -0.2) is 0 Å². The molecule has 2 aromatic rings. The van der Waals surface area contributed by atoms with Gasteiger partial charge >= 0.3 is 0 Å². The zero-order chi connectivity index (χ0) is 13.4. The van der Waals surface area contributed by atoms with E-state index in [1.165, 1.54) is 5.56 Å². The summed E-state index contributed by atoms with van der Waals surface area (Å²) in [5, 5.41) is 15.0. The molecule has 1 N–H and O–H groups in total. The summed E-state index contributed by atoms with van der Waals surface area (Å²) >= 11 is 0. The Morgan fingerprint density at radius 1 is 1.47 bits per heavy atom. The topological polar surface area (TPSA) is 50.9 Å². The smallest absolute Gasteiger partial charge is 0.0906 e. The van der Waals surface area contributed by atoms with Crippen molar-refractivity contribution in [3.8, 4) is 0 Å². The highest BCUT2D eigenvalue weighted by atomic mass is 16.3. The van der Waals surface area contributed by atoms with Crippen LogP contribution in [0.25, 0.3) is 0 Å². The molecular formula is C15H19N3O. The molecule has 1 aliphatic rings. The summed E-state index contributed by atoms with van der Waals surface area (Å²) in [6, 6.07) is 4.10. The average molecular weight is 257 g/mol. The third kappa shape index (κ3) is 2.16. The highest BCUT2D eigenvalue weighted by molar-refractivity contribution is 5.30. The minimum Gasteiger partial charge on any atom is -0.388 e. The van der Waals surface area contributed by atoms with Gasteiger partial charge in [0.25, 0.3) is 0 Å². The number of fused-ring (bicyclic) bond motifs is 1. The maximum atomic E-state index is 10.7. The molecule has 2 aromatic heterocycles. The van der Waals surface area contributed by atoms with E-state index in [0.29, 0.717) is 0 Å². The maximum absolute atomic E-state index is 10.7. The molecule has 0 amide bonds. The number of aliphatic hydroxyl groups excluding tert-OH is 1. The molecule has 2 heterocycles. The lowest BCUT2D eigenvalue weighted by Gasteiger charge is -2.28. The van der Waals surface area contributed by atoms with Gasteiger partial charge in [0, 0.05) is 36.6 Å². The molecule has 2 atom stereocenters. The van der Waals surface area contributed by atoms with Crippen LogP contribution in [0, 0.1) is 6.92 Å². The van der Waals surface area contributed by atoms with Gasteiger partial charge in [0.15, 0.2) is 0 Å². The predicted octanol–water partition coefficient (Wildman–Crippen LogP) is 2.28. The maximum Gasteiger partial charge on any atom is 0.0906 e. The van der Waals surface area contributed by atoms with E-state index in [4.69, 9.17) is 0 Å². The van der Waals surface area contributed by atoms with Gasteiger partial charge < -0.3 is 5.11 Å². The highest BCUT2D eigenvalue weighted by Gasteiger charge is 2.30. The molecule has 1 aliphatic carbocycles. The van der Waals surface area contributed by atoms with Crippen LogP contribution in [0.2, 0.25) is 0 Å². The summed E-state index contributed by atoms with van der Waals surface area (Å²) in [5.74, 6) is 0.0906. The first-order chi connectivity index (χ1) is 9.16. The Morgan fingerprint density at radius 2 is 2.32 bits per heavy atom. The Hall–Kier alpha value is -1.68. The monoisotopic (exact) mass is 257 g/mol. The van der Waals surface area contributed by atoms with Crippen molar-refractivity contribution in [3.63, 3.8) is 0 Å². The van der Waals surface area contributed by atoms with Crippen LogP contribution in [-0.2, 0) is 13.5 Å². The van der Waals surface area contributed by atoms with Gasteiger partial charge in [-0.1, -0.05) is 6.07 Å². The number of aromatic nitrogens is 3. The van der Waals surface area contributed by atoms with E-state index in [9.17, 15) is 5.11 Å². The van der Waals surface area contributed by atoms with Gasteiger partial charge in [-0.3, -0.25) is 9.67 Å². The molecule has 0 spiro atoms. The Bertz CT molecular complexity index is 591. The van der Waals surface area contributed by atoms with E-state index in [2.05, 4.69) is 16.1 Å².